The number of thiol groups is 1. The Balaban J connectivity index is 1.05. The minimum absolute atomic E-state index is 0.0429. The molecule has 47 heavy (non-hydrogen) atoms. The van der Waals surface area contributed by atoms with Crippen molar-refractivity contribution in [3.05, 3.63) is 35.2 Å². The number of phosphoric acid groups is 1. The number of aliphatic hydroxyl groups excluding tert-OH is 1. The van der Waals surface area contributed by atoms with E-state index in [0.29, 0.717) is 23.4 Å². The van der Waals surface area contributed by atoms with Gasteiger partial charge in [0.2, 0.25) is 0 Å². The summed E-state index contributed by atoms with van der Waals surface area (Å²) in [5, 5.41) is 11.6. The van der Waals surface area contributed by atoms with E-state index in [9.17, 15) is 23.9 Å². The topological polar surface area (TPSA) is 263 Å². The smallest absolute Gasteiger partial charge is 0.388 e. The zero-order chi connectivity index (χ0) is 32.7. The van der Waals surface area contributed by atoms with Crippen molar-refractivity contribution in [1.29, 1.82) is 0 Å². The van der Waals surface area contributed by atoms with Gasteiger partial charge >= 0.3 is 14.6 Å². The predicted molar refractivity (Wildman–Crippen MR) is 159 cm³/mol. The second-order valence-electron chi connectivity index (χ2n) is 12.5. The predicted octanol–water partition coefficient (Wildman–Crippen LogP) is 0.394. The summed E-state index contributed by atoms with van der Waals surface area (Å²) in [6.07, 6.45) is -1.45. The maximum absolute atomic E-state index is 13.8. The third kappa shape index (κ3) is 4.39. The average molecular weight is 712 g/mol. The molecule has 0 amide bonds. The van der Waals surface area contributed by atoms with E-state index in [1.165, 1.54) is 23.5 Å². The Bertz CT molecular complexity index is 2130. The molecule has 3 aliphatic heterocycles. The van der Waals surface area contributed by atoms with Gasteiger partial charge in [0.25, 0.3) is 5.56 Å². The number of aromatic nitrogens is 8. The van der Waals surface area contributed by atoms with Crippen LogP contribution in [0.3, 0.4) is 0 Å². The fourth-order valence-electron chi connectivity index (χ4n) is 7.60. The van der Waals surface area contributed by atoms with Gasteiger partial charge in [0.15, 0.2) is 28.9 Å². The van der Waals surface area contributed by atoms with E-state index in [1.54, 1.807) is 11.5 Å². The number of nitrogens with one attached hydrogen (secondary N) is 1. The number of rotatable bonds is 2. The summed E-state index contributed by atoms with van der Waals surface area (Å²) in [4.78, 5) is 47.1. The SMILES string of the molecule is Cc1nc2c(ncn2[C@@H]2O[C@@]34CO[C@@H]2[C@@H]3OP(=O)(O)OC[C@@]23C[C@@H]2[C@@H](n2cnc5c(N)ncnc52)[C@H](O)[C@@H]3O[P@](=O)(S)OC4)c(=O)[nH]1. The van der Waals surface area contributed by atoms with Gasteiger partial charge in [0.05, 0.1) is 38.5 Å². The number of aryl methyl sites for hydroxylation is 1. The lowest BCUT2D eigenvalue weighted by molar-refractivity contribution is -0.183. The van der Waals surface area contributed by atoms with Gasteiger partial charge in [-0.3, -0.25) is 27.5 Å². The molecule has 7 heterocycles. The summed E-state index contributed by atoms with van der Waals surface area (Å²) < 4.78 is 65.8. The van der Waals surface area contributed by atoms with Gasteiger partial charge in [-0.2, -0.15) is 0 Å². The maximum Gasteiger partial charge on any atom is 0.472 e. The molecule has 9 rings (SSSR count). The second kappa shape index (κ2) is 9.88. The van der Waals surface area contributed by atoms with Crippen LogP contribution in [0.25, 0.3) is 22.3 Å². The number of hydrogen-bond acceptors (Lipinski definition) is 16. The van der Waals surface area contributed by atoms with Crippen molar-refractivity contribution in [3.8, 4) is 0 Å². The molecular formula is C24H27N9O11P2S. The molecule has 1 unspecified atom stereocenters. The first-order valence-electron chi connectivity index (χ1n) is 14.5. The summed E-state index contributed by atoms with van der Waals surface area (Å²) in [7, 11) is -4.85. The van der Waals surface area contributed by atoms with E-state index < -0.39 is 81.1 Å². The van der Waals surface area contributed by atoms with Gasteiger partial charge in [-0.1, -0.05) is 12.2 Å². The minimum atomic E-state index is -4.85. The van der Waals surface area contributed by atoms with Crippen LogP contribution in [-0.2, 0) is 36.7 Å². The number of aromatic amines is 1. The first-order valence-corrected chi connectivity index (χ1v) is 18.7. The summed E-state index contributed by atoms with van der Waals surface area (Å²) in [5.74, 6) is 0.0924. The van der Waals surface area contributed by atoms with Gasteiger partial charge in [0, 0.05) is 5.41 Å². The number of phosphoric ester groups is 1. The number of imidazole rings is 2. The number of nitrogen functional groups attached to an aromatic ring is 1. The second-order valence-corrected chi connectivity index (χ2v) is 16.8. The van der Waals surface area contributed by atoms with E-state index in [4.69, 9.17) is 33.3 Å². The van der Waals surface area contributed by atoms with Gasteiger partial charge in [-0.15, -0.1) is 0 Å². The third-order valence-electron chi connectivity index (χ3n) is 9.79. The van der Waals surface area contributed by atoms with E-state index in [1.807, 2.05) is 0 Å². The van der Waals surface area contributed by atoms with Crippen LogP contribution in [0.1, 0.15) is 24.5 Å². The average Bonchev–Trinajstić information content (AvgIpc) is 3.43. The molecule has 5 aliphatic rings. The summed E-state index contributed by atoms with van der Waals surface area (Å²) in [6, 6.07) is -0.707. The van der Waals surface area contributed by atoms with Crippen molar-refractivity contribution in [3.63, 3.8) is 0 Å². The van der Waals surface area contributed by atoms with Gasteiger partial charge in [-0.25, -0.2) is 34.0 Å². The Morgan fingerprint density at radius 3 is 2.66 bits per heavy atom. The van der Waals surface area contributed by atoms with Crippen molar-refractivity contribution in [1.82, 2.24) is 39.0 Å². The molecule has 250 valence electrons. The van der Waals surface area contributed by atoms with Crippen LogP contribution in [0.2, 0.25) is 0 Å². The van der Waals surface area contributed by atoms with Crippen LogP contribution in [-0.4, -0.2) is 98.9 Å². The molecule has 11 atom stereocenters. The molecule has 0 aromatic carbocycles. The van der Waals surface area contributed by atoms with Crippen molar-refractivity contribution >= 4 is 55.0 Å². The molecule has 20 nitrogen and oxygen atoms in total. The Labute approximate surface area is 268 Å². The lowest BCUT2D eigenvalue weighted by atomic mass is 10.0. The molecule has 23 heteroatoms. The fourth-order valence-corrected chi connectivity index (χ4v) is 10.2. The van der Waals surface area contributed by atoms with Crippen molar-refractivity contribution in [2.75, 3.05) is 25.6 Å². The first kappa shape index (κ1) is 30.3. The lowest BCUT2D eigenvalue weighted by Gasteiger charge is -2.35. The number of nitrogens with zero attached hydrogens (tertiary/aromatic N) is 7. The van der Waals surface area contributed by atoms with Crippen molar-refractivity contribution in [2.24, 2.45) is 11.3 Å². The molecule has 2 bridgehead atoms. The van der Waals surface area contributed by atoms with Crippen LogP contribution in [0.5, 0.6) is 0 Å². The fraction of sp³-hybridized carbons (Fsp3) is 0.583. The van der Waals surface area contributed by atoms with Gasteiger partial charge in [0.1, 0.15) is 47.7 Å². The summed E-state index contributed by atoms with van der Waals surface area (Å²) in [6.45, 7) is -3.78. The third-order valence-corrected chi connectivity index (χ3v) is 12.3. The number of H-pyrrole nitrogens is 1. The number of fused-ring (bicyclic) bond motifs is 2. The van der Waals surface area contributed by atoms with Crippen LogP contribution < -0.4 is 11.3 Å². The molecule has 2 aliphatic carbocycles. The number of nitrogens with two attached hydrogens (primary N) is 1. The molecule has 3 saturated heterocycles. The van der Waals surface area contributed by atoms with E-state index in [-0.39, 0.29) is 29.5 Å². The molecule has 1 spiro atoms. The number of aliphatic hydroxyl groups is 1. The number of anilines is 1. The molecule has 4 aromatic rings. The zero-order valence-electron chi connectivity index (χ0n) is 24.2. The van der Waals surface area contributed by atoms with E-state index in [0.717, 1.165) is 0 Å². The van der Waals surface area contributed by atoms with Gasteiger partial charge < -0.3 is 34.8 Å². The van der Waals surface area contributed by atoms with E-state index in [2.05, 4.69) is 42.2 Å². The highest BCUT2D eigenvalue weighted by Crippen LogP contribution is 2.73. The lowest BCUT2D eigenvalue weighted by Crippen LogP contribution is -2.46. The Morgan fingerprint density at radius 2 is 1.83 bits per heavy atom. The summed E-state index contributed by atoms with van der Waals surface area (Å²) in [5.41, 5.74) is 3.74. The van der Waals surface area contributed by atoms with Crippen molar-refractivity contribution in [2.45, 2.75) is 55.6 Å². The Morgan fingerprint density at radius 1 is 1.04 bits per heavy atom. The maximum atomic E-state index is 13.8. The molecule has 2 saturated carbocycles. The van der Waals surface area contributed by atoms with Crippen LogP contribution >= 0.6 is 26.9 Å². The zero-order valence-corrected chi connectivity index (χ0v) is 26.9. The van der Waals surface area contributed by atoms with Crippen LogP contribution in [0.4, 0.5) is 5.82 Å². The monoisotopic (exact) mass is 711 g/mol. The standard InChI is InChI=1S/C24H27N9O11P2S/c1-9-30-20-12(21(35)31-9)29-8-33(20)22-15-17-24(42-22,4-39-15)5-41-46(38,47)44-16-14(34)13(10-2-23(10,16)3-40-45(36,37)43-17)32-7-28-11-18(25)26-6-27-19(11)32/h6-8,10,13-17,22,34H,2-5H2,1H3,(H,36,37)(H,38,47)(H2,25,26,27)(H,30,31,35)/t10-,13-,14+,15-,16+,17+,22-,23+,24-,46-/m1/s1. The molecule has 0 radical (unpaired) electrons. The number of ether oxygens (including phenoxy) is 2. The van der Waals surface area contributed by atoms with Crippen LogP contribution in [0, 0.1) is 18.3 Å². The highest BCUT2D eigenvalue weighted by atomic mass is 32.7. The molecule has 4 aromatic heterocycles. The molecule has 5 N–H and O–H groups in total. The Hall–Kier alpha value is -2.81. The highest BCUT2D eigenvalue weighted by molar-refractivity contribution is 8.44. The highest BCUT2D eigenvalue weighted by Gasteiger charge is 2.74. The number of hydrogen-bond donors (Lipinski definition) is 5. The van der Waals surface area contributed by atoms with Gasteiger partial charge in [-0.05, 0) is 19.3 Å². The van der Waals surface area contributed by atoms with E-state index >= 15 is 0 Å². The Kier molecular flexibility index (Phi) is 6.36. The molecule has 5 fully saturated rings. The largest absolute Gasteiger partial charge is 0.472 e. The normalized spacial score (nSPS) is 42.9. The summed E-state index contributed by atoms with van der Waals surface area (Å²) >= 11 is 4.24. The van der Waals surface area contributed by atoms with Crippen molar-refractivity contribution < 1.29 is 46.7 Å². The molecular weight excluding hydrogens is 684 g/mol. The minimum Gasteiger partial charge on any atom is -0.388 e. The van der Waals surface area contributed by atoms with Crippen LogP contribution in [0.15, 0.2) is 23.8 Å². The first-order chi connectivity index (χ1) is 22.3. The quantitative estimate of drug-likeness (QED) is 0.139.